The van der Waals surface area contributed by atoms with E-state index >= 15 is 0 Å². The molecule has 2 rings (SSSR count). The zero-order chi connectivity index (χ0) is 13.1. The van der Waals surface area contributed by atoms with E-state index in [1.54, 1.807) is 6.07 Å². The first-order valence-electron chi connectivity index (χ1n) is 5.45. The highest BCUT2D eigenvalue weighted by atomic mass is 79.9. The van der Waals surface area contributed by atoms with Gasteiger partial charge in [0.15, 0.2) is 0 Å². The highest BCUT2D eigenvalue weighted by Crippen LogP contribution is 2.25. The number of rotatable bonds is 3. The van der Waals surface area contributed by atoms with E-state index in [0.717, 1.165) is 6.42 Å². The van der Waals surface area contributed by atoms with Gasteiger partial charge in [0, 0.05) is 9.35 Å². The Balaban J connectivity index is 2.16. The van der Waals surface area contributed by atoms with Gasteiger partial charge in [-0.1, -0.05) is 6.92 Å². The lowest BCUT2D eigenvalue weighted by molar-refractivity contribution is 0.103. The smallest absolute Gasteiger partial charge is 0.265 e. The maximum absolute atomic E-state index is 12.9. The lowest BCUT2D eigenvalue weighted by Crippen LogP contribution is -2.10. The van der Waals surface area contributed by atoms with E-state index in [0.29, 0.717) is 15.0 Å². The Labute approximate surface area is 117 Å². The number of hydrogen-bond donors (Lipinski definition) is 1. The number of nitrogens with one attached hydrogen (secondary N) is 1. The lowest BCUT2D eigenvalue weighted by Gasteiger charge is -2.05. The van der Waals surface area contributed by atoms with Crippen molar-refractivity contribution in [2.75, 3.05) is 5.32 Å². The standard InChI is InChI=1S/C13H11BrFNOS/c1-2-9-4-6-12(18-9)13(17)16-11-5-3-8(15)7-10(11)14/h3-7H,2H2,1H3,(H,16,17). The molecule has 1 aromatic heterocycles. The predicted molar refractivity (Wildman–Crippen MR) is 75.8 cm³/mol. The minimum absolute atomic E-state index is 0.174. The third kappa shape index (κ3) is 2.97. The van der Waals surface area contributed by atoms with Crippen LogP contribution in [0.4, 0.5) is 10.1 Å². The summed E-state index contributed by atoms with van der Waals surface area (Å²) in [6.45, 7) is 2.05. The van der Waals surface area contributed by atoms with E-state index in [9.17, 15) is 9.18 Å². The number of amides is 1. The van der Waals surface area contributed by atoms with E-state index in [1.807, 2.05) is 13.0 Å². The number of benzene rings is 1. The fourth-order valence-corrected chi connectivity index (χ4v) is 2.76. The zero-order valence-corrected chi connectivity index (χ0v) is 12.1. The summed E-state index contributed by atoms with van der Waals surface area (Å²) in [5.74, 6) is -0.517. The quantitative estimate of drug-likeness (QED) is 0.885. The molecule has 0 aliphatic rings. The summed E-state index contributed by atoms with van der Waals surface area (Å²) in [5, 5.41) is 2.75. The van der Waals surface area contributed by atoms with Crippen molar-refractivity contribution in [2.24, 2.45) is 0 Å². The molecule has 0 spiro atoms. The van der Waals surface area contributed by atoms with Crippen molar-refractivity contribution in [1.29, 1.82) is 0 Å². The minimum Gasteiger partial charge on any atom is -0.320 e. The van der Waals surface area contributed by atoms with Crippen LogP contribution in [0.5, 0.6) is 0 Å². The molecule has 0 aliphatic heterocycles. The normalized spacial score (nSPS) is 10.4. The molecule has 1 aromatic carbocycles. The Morgan fingerprint density at radius 2 is 2.17 bits per heavy atom. The highest BCUT2D eigenvalue weighted by molar-refractivity contribution is 9.10. The van der Waals surface area contributed by atoms with Gasteiger partial charge < -0.3 is 5.32 Å². The Bertz CT molecular complexity index is 582. The summed E-state index contributed by atoms with van der Waals surface area (Å²) >= 11 is 4.68. The van der Waals surface area contributed by atoms with Gasteiger partial charge >= 0.3 is 0 Å². The van der Waals surface area contributed by atoms with Crippen LogP contribution in [0.25, 0.3) is 0 Å². The third-order valence-electron chi connectivity index (χ3n) is 2.41. The average Bonchev–Trinajstić information content (AvgIpc) is 2.81. The number of aryl methyl sites for hydroxylation is 1. The van der Waals surface area contributed by atoms with Crippen molar-refractivity contribution in [3.8, 4) is 0 Å². The van der Waals surface area contributed by atoms with E-state index in [1.165, 1.54) is 34.4 Å². The molecule has 5 heteroatoms. The molecule has 1 amide bonds. The fourth-order valence-electron chi connectivity index (χ4n) is 1.46. The second-order valence-corrected chi connectivity index (χ2v) is 5.72. The lowest BCUT2D eigenvalue weighted by atomic mass is 10.3. The fraction of sp³-hybridized carbons (Fsp3) is 0.154. The van der Waals surface area contributed by atoms with Gasteiger partial charge in [-0.25, -0.2) is 4.39 Å². The van der Waals surface area contributed by atoms with E-state index in [2.05, 4.69) is 21.2 Å². The molecule has 94 valence electrons. The Hall–Kier alpha value is -1.20. The van der Waals surface area contributed by atoms with Crippen LogP contribution in [0, 0.1) is 5.82 Å². The first-order valence-corrected chi connectivity index (χ1v) is 7.06. The summed E-state index contributed by atoms with van der Waals surface area (Å²) in [6, 6.07) is 7.91. The molecular formula is C13H11BrFNOS. The zero-order valence-electron chi connectivity index (χ0n) is 9.67. The van der Waals surface area contributed by atoms with Crippen molar-refractivity contribution < 1.29 is 9.18 Å². The number of halogens is 2. The average molecular weight is 328 g/mol. The molecule has 0 atom stereocenters. The van der Waals surface area contributed by atoms with Crippen LogP contribution in [-0.2, 0) is 6.42 Å². The molecule has 2 aromatic rings. The molecule has 1 N–H and O–H groups in total. The molecule has 0 unspecified atom stereocenters. The van der Waals surface area contributed by atoms with Crippen LogP contribution in [-0.4, -0.2) is 5.91 Å². The van der Waals surface area contributed by atoms with Crippen LogP contribution < -0.4 is 5.32 Å². The summed E-state index contributed by atoms with van der Waals surface area (Å²) < 4.78 is 13.4. The van der Waals surface area contributed by atoms with Crippen molar-refractivity contribution in [1.82, 2.24) is 0 Å². The largest absolute Gasteiger partial charge is 0.320 e. The maximum Gasteiger partial charge on any atom is 0.265 e. The number of carbonyl (C=O) groups excluding carboxylic acids is 1. The number of carbonyl (C=O) groups is 1. The summed E-state index contributed by atoms with van der Waals surface area (Å²) in [4.78, 5) is 13.8. The SMILES string of the molecule is CCc1ccc(C(=O)Nc2ccc(F)cc2Br)s1. The Morgan fingerprint density at radius 1 is 1.39 bits per heavy atom. The van der Waals surface area contributed by atoms with Crippen LogP contribution >= 0.6 is 27.3 Å². The van der Waals surface area contributed by atoms with Crippen LogP contribution in [0.3, 0.4) is 0 Å². The molecule has 2 nitrogen and oxygen atoms in total. The van der Waals surface area contributed by atoms with Gasteiger partial charge in [0.25, 0.3) is 5.91 Å². The molecule has 0 bridgehead atoms. The molecule has 0 aliphatic carbocycles. The second-order valence-electron chi connectivity index (χ2n) is 3.70. The Kier molecular flexibility index (Phi) is 4.14. The summed E-state index contributed by atoms with van der Waals surface area (Å²) in [5.41, 5.74) is 0.563. The minimum atomic E-state index is -0.343. The topological polar surface area (TPSA) is 29.1 Å². The highest BCUT2D eigenvalue weighted by Gasteiger charge is 2.11. The van der Waals surface area contributed by atoms with Gasteiger partial charge in [0.05, 0.1) is 10.6 Å². The molecule has 0 saturated carbocycles. The van der Waals surface area contributed by atoms with Gasteiger partial charge in [-0.3, -0.25) is 4.79 Å². The van der Waals surface area contributed by atoms with Gasteiger partial charge in [0.1, 0.15) is 5.82 Å². The van der Waals surface area contributed by atoms with Crippen molar-refractivity contribution >= 4 is 38.9 Å². The van der Waals surface area contributed by atoms with Crippen LogP contribution in [0.1, 0.15) is 21.5 Å². The number of anilines is 1. The van der Waals surface area contributed by atoms with Gasteiger partial charge in [-0.2, -0.15) is 0 Å². The van der Waals surface area contributed by atoms with Gasteiger partial charge in [0.2, 0.25) is 0 Å². The van der Waals surface area contributed by atoms with E-state index in [-0.39, 0.29) is 11.7 Å². The molecule has 0 radical (unpaired) electrons. The molecular weight excluding hydrogens is 317 g/mol. The van der Waals surface area contributed by atoms with Crippen LogP contribution in [0.2, 0.25) is 0 Å². The molecule has 18 heavy (non-hydrogen) atoms. The van der Waals surface area contributed by atoms with Crippen molar-refractivity contribution in [3.05, 3.63) is 50.4 Å². The predicted octanol–water partition coefficient (Wildman–Crippen LogP) is 4.46. The van der Waals surface area contributed by atoms with E-state index < -0.39 is 0 Å². The van der Waals surface area contributed by atoms with Gasteiger partial charge in [-0.05, 0) is 52.7 Å². The molecule has 0 fully saturated rings. The third-order valence-corrected chi connectivity index (χ3v) is 4.30. The summed E-state index contributed by atoms with van der Waals surface area (Å²) in [6.07, 6.45) is 0.915. The molecule has 1 heterocycles. The maximum atomic E-state index is 12.9. The van der Waals surface area contributed by atoms with Gasteiger partial charge in [-0.15, -0.1) is 11.3 Å². The molecule has 0 saturated heterocycles. The first kappa shape index (κ1) is 13.2. The number of hydrogen-bond acceptors (Lipinski definition) is 2. The monoisotopic (exact) mass is 327 g/mol. The first-order chi connectivity index (χ1) is 8.60. The Morgan fingerprint density at radius 3 is 2.78 bits per heavy atom. The second kappa shape index (κ2) is 5.63. The number of thiophene rings is 1. The van der Waals surface area contributed by atoms with E-state index in [4.69, 9.17) is 0 Å². The van der Waals surface area contributed by atoms with Crippen molar-refractivity contribution in [3.63, 3.8) is 0 Å². The van der Waals surface area contributed by atoms with Crippen molar-refractivity contribution in [2.45, 2.75) is 13.3 Å². The van der Waals surface area contributed by atoms with Crippen LogP contribution in [0.15, 0.2) is 34.8 Å². The summed E-state index contributed by atoms with van der Waals surface area (Å²) in [7, 11) is 0.